The number of carbonyl (C=O) groups is 1. The molecule has 0 aliphatic heterocycles. The van der Waals surface area contributed by atoms with Crippen LogP contribution in [0, 0.1) is 5.82 Å². The van der Waals surface area contributed by atoms with Crippen molar-refractivity contribution in [2.24, 2.45) is 0 Å². The minimum absolute atomic E-state index is 0.194. The molecule has 0 heterocycles. The van der Waals surface area contributed by atoms with E-state index in [1.807, 2.05) is 0 Å². The number of amides is 1. The van der Waals surface area contributed by atoms with Crippen molar-refractivity contribution in [3.63, 3.8) is 0 Å². The van der Waals surface area contributed by atoms with E-state index >= 15 is 0 Å². The molecule has 3 N–H and O–H groups in total. The summed E-state index contributed by atoms with van der Waals surface area (Å²) in [6, 6.07) is 3.86. The number of methoxy groups -OCH3 is 1. The molecule has 0 saturated carbocycles. The van der Waals surface area contributed by atoms with Crippen molar-refractivity contribution in [1.29, 1.82) is 0 Å². The number of anilines is 2. The molecule has 1 amide bonds. The number of nitrogens with two attached hydrogens (primary N) is 1. The maximum Gasteiger partial charge on any atom is 0.238 e. The normalized spacial score (nSPS) is 10.7. The number of nitrogen functional groups attached to an aromatic ring is 1. The molecule has 1 aromatic rings. The molecule has 1 aromatic carbocycles. The Bertz CT molecular complexity index is 412. The van der Waals surface area contributed by atoms with Crippen molar-refractivity contribution >= 4 is 17.3 Å². The van der Waals surface area contributed by atoms with Crippen molar-refractivity contribution in [3.05, 3.63) is 24.0 Å². The van der Waals surface area contributed by atoms with Gasteiger partial charge in [0.15, 0.2) is 0 Å². The first-order valence-corrected chi connectivity index (χ1v) is 5.55. The molecule has 0 aliphatic rings. The fourth-order valence-corrected chi connectivity index (χ4v) is 1.40. The number of likely N-dealkylation sites (N-methyl/N-ethyl adjacent to an activating group) is 1. The van der Waals surface area contributed by atoms with Crippen LogP contribution in [0.4, 0.5) is 15.8 Å². The van der Waals surface area contributed by atoms with E-state index in [0.717, 1.165) is 0 Å². The third-order valence-electron chi connectivity index (χ3n) is 2.38. The molecular formula is C12H18FN3O2. The van der Waals surface area contributed by atoms with Crippen molar-refractivity contribution in [2.75, 3.05) is 44.9 Å². The Hall–Kier alpha value is -1.66. The van der Waals surface area contributed by atoms with Gasteiger partial charge in [-0.3, -0.25) is 9.69 Å². The summed E-state index contributed by atoms with van der Waals surface area (Å²) in [4.78, 5) is 13.5. The lowest BCUT2D eigenvalue weighted by atomic mass is 10.2. The smallest absolute Gasteiger partial charge is 0.238 e. The number of benzene rings is 1. The lowest BCUT2D eigenvalue weighted by Crippen LogP contribution is -2.32. The van der Waals surface area contributed by atoms with Gasteiger partial charge in [0.1, 0.15) is 5.82 Å². The van der Waals surface area contributed by atoms with E-state index in [4.69, 9.17) is 10.5 Å². The summed E-state index contributed by atoms with van der Waals surface area (Å²) in [5, 5.41) is 2.57. The standard InChI is InChI=1S/C12H18FN3O2/c1-16(5-6-18-2)8-12(17)15-11-7-9(13)3-4-10(11)14/h3-4,7H,5-6,8,14H2,1-2H3,(H,15,17). The highest BCUT2D eigenvalue weighted by Crippen LogP contribution is 2.18. The summed E-state index contributed by atoms with van der Waals surface area (Å²) in [6.45, 7) is 1.38. The Labute approximate surface area is 106 Å². The maximum absolute atomic E-state index is 13.0. The number of nitrogens with zero attached hydrogens (tertiary/aromatic N) is 1. The van der Waals surface area contributed by atoms with E-state index in [1.165, 1.54) is 18.2 Å². The molecule has 0 spiro atoms. The van der Waals surface area contributed by atoms with Gasteiger partial charge in [-0.05, 0) is 25.2 Å². The minimum atomic E-state index is -0.438. The summed E-state index contributed by atoms with van der Waals surface area (Å²) >= 11 is 0. The fraction of sp³-hybridized carbons (Fsp3) is 0.417. The van der Waals surface area contributed by atoms with E-state index in [0.29, 0.717) is 24.5 Å². The second kappa shape index (κ2) is 6.93. The van der Waals surface area contributed by atoms with Gasteiger partial charge >= 0.3 is 0 Å². The molecule has 0 saturated heterocycles. The number of rotatable bonds is 6. The molecule has 0 fully saturated rings. The van der Waals surface area contributed by atoms with Crippen LogP contribution in [-0.4, -0.2) is 44.7 Å². The molecule has 0 bridgehead atoms. The van der Waals surface area contributed by atoms with Crippen LogP contribution in [0.5, 0.6) is 0 Å². The molecule has 0 unspecified atom stereocenters. The Morgan fingerprint density at radius 1 is 1.56 bits per heavy atom. The van der Waals surface area contributed by atoms with Gasteiger partial charge in [0.25, 0.3) is 0 Å². The number of ether oxygens (including phenoxy) is 1. The van der Waals surface area contributed by atoms with Crippen LogP contribution < -0.4 is 11.1 Å². The maximum atomic E-state index is 13.0. The fourth-order valence-electron chi connectivity index (χ4n) is 1.40. The minimum Gasteiger partial charge on any atom is -0.397 e. The summed E-state index contributed by atoms with van der Waals surface area (Å²) < 4.78 is 17.9. The van der Waals surface area contributed by atoms with Crippen molar-refractivity contribution in [3.8, 4) is 0 Å². The highest BCUT2D eigenvalue weighted by atomic mass is 19.1. The van der Waals surface area contributed by atoms with Crippen LogP contribution >= 0.6 is 0 Å². The Morgan fingerprint density at radius 2 is 2.28 bits per heavy atom. The second-order valence-corrected chi connectivity index (χ2v) is 4.01. The summed E-state index contributed by atoms with van der Waals surface area (Å²) in [7, 11) is 3.40. The Morgan fingerprint density at radius 3 is 2.94 bits per heavy atom. The topological polar surface area (TPSA) is 67.6 Å². The number of nitrogens with one attached hydrogen (secondary N) is 1. The average Bonchev–Trinajstić information content (AvgIpc) is 2.31. The van der Waals surface area contributed by atoms with Crippen LogP contribution in [0.15, 0.2) is 18.2 Å². The van der Waals surface area contributed by atoms with E-state index < -0.39 is 5.82 Å². The van der Waals surface area contributed by atoms with Crippen LogP contribution in [0.1, 0.15) is 0 Å². The molecule has 5 nitrogen and oxygen atoms in total. The summed E-state index contributed by atoms with van der Waals surface area (Å²) in [5.41, 5.74) is 6.26. The first-order chi connectivity index (χ1) is 8.52. The SMILES string of the molecule is COCCN(C)CC(=O)Nc1cc(F)ccc1N. The van der Waals surface area contributed by atoms with Crippen molar-refractivity contribution < 1.29 is 13.9 Å². The third-order valence-corrected chi connectivity index (χ3v) is 2.38. The van der Waals surface area contributed by atoms with Gasteiger partial charge in [-0.2, -0.15) is 0 Å². The number of halogens is 1. The van der Waals surface area contributed by atoms with Gasteiger partial charge in [0.2, 0.25) is 5.91 Å². The summed E-state index contributed by atoms with van der Waals surface area (Å²) in [6.07, 6.45) is 0. The van der Waals surface area contributed by atoms with Gasteiger partial charge < -0.3 is 15.8 Å². The van der Waals surface area contributed by atoms with Crippen molar-refractivity contribution in [1.82, 2.24) is 4.90 Å². The highest BCUT2D eigenvalue weighted by Gasteiger charge is 2.09. The third kappa shape index (κ3) is 4.68. The zero-order chi connectivity index (χ0) is 13.5. The largest absolute Gasteiger partial charge is 0.397 e. The number of carbonyl (C=O) groups excluding carboxylic acids is 1. The molecule has 0 radical (unpaired) electrons. The van der Waals surface area contributed by atoms with Crippen LogP contribution in [0.2, 0.25) is 0 Å². The predicted molar refractivity (Wildman–Crippen MR) is 68.8 cm³/mol. The Kier molecular flexibility index (Phi) is 5.54. The first-order valence-electron chi connectivity index (χ1n) is 5.55. The van der Waals surface area contributed by atoms with Gasteiger partial charge in [0.05, 0.1) is 24.5 Å². The van der Waals surface area contributed by atoms with Gasteiger partial charge in [0, 0.05) is 13.7 Å². The van der Waals surface area contributed by atoms with E-state index in [2.05, 4.69) is 5.32 Å². The average molecular weight is 255 g/mol. The molecular weight excluding hydrogens is 237 g/mol. The molecule has 0 aliphatic carbocycles. The van der Waals surface area contributed by atoms with Crippen LogP contribution in [0.25, 0.3) is 0 Å². The lowest BCUT2D eigenvalue weighted by Gasteiger charge is -2.16. The molecule has 1 rings (SSSR count). The van der Waals surface area contributed by atoms with E-state index in [9.17, 15) is 9.18 Å². The van der Waals surface area contributed by atoms with Gasteiger partial charge in [-0.25, -0.2) is 4.39 Å². The van der Waals surface area contributed by atoms with Crippen LogP contribution in [0.3, 0.4) is 0 Å². The van der Waals surface area contributed by atoms with Crippen LogP contribution in [-0.2, 0) is 9.53 Å². The molecule has 6 heteroatoms. The monoisotopic (exact) mass is 255 g/mol. The molecule has 100 valence electrons. The summed E-state index contributed by atoms with van der Waals surface area (Å²) in [5.74, 6) is -0.682. The van der Waals surface area contributed by atoms with Crippen molar-refractivity contribution in [2.45, 2.75) is 0 Å². The Balaban J connectivity index is 2.51. The molecule has 0 aromatic heterocycles. The van der Waals surface area contributed by atoms with Gasteiger partial charge in [-0.15, -0.1) is 0 Å². The quantitative estimate of drug-likeness (QED) is 0.742. The van der Waals surface area contributed by atoms with E-state index in [-0.39, 0.29) is 12.5 Å². The molecule has 0 atom stereocenters. The zero-order valence-electron chi connectivity index (χ0n) is 10.6. The zero-order valence-corrected chi connectivity index (χ0v) is 10.6. The highest BCUT2D eigenvalue weighted by molar-refractivity contribution is 5.95. The number of hydrogen-bond donors (Lipinski definition) is 2. The van der Waals surface area contributed by atoms with E-state index in [1.54, 1.807) is 19.1 Å². The first kappa shape index (κ1) is 14.4. The molecule has 18 heavy (non-hydrogen) atoms. The van der Waals surface area contributed by atoms with Gasteiger partial charge in [-0.1, -0.05) is 0 Å². The lowest BCUT2D eigenvalue weighted by molar-refractivity contribution is -0.117. The number of hydrogen-bond acceptors (Lipinski definition) is 4. The second-order valence-electron chi connectivity index (χ2n) is 4.01. The predicted octanol–water partition coefficient (Wildman–Crippen LogP) is 0.925.